The molecular weight excluding hydrogens is 498 g/mol. The molecule has 2 heterocycles. The molecule has 36 heavy (non-hydrogen) atoms. The topological polar surface area (TPSA) is 94.7 Å². The van der Waals surface area contributed by atoms with Crippen molar-refractivity contribution in [2.24, 2.45) is 11.7 Å². The molecule has 4 atom stereocenters. The number of carbonyl (C=O) groups is 1. The van der Waals surface area contributed by atoms with Gasteiger partial charge in [0.15, 0.2) is 0 Å². The summed E-state index contributed by atoms with van der Waals surface area (Å²) in [6, 6.07) is 1.90. The number of hydrogen-bond donors (Lipinski definition) is 3. The van der Waals surface area contributed by atoms with E-state index >= 15 is 0 Å². The first-order valence-corrected chi connectivity index (χ1v) is 12.9. The van der Waals surface area contributed by atoms with E-state index < -0.39 is 29.7 Å². The van der Waals surface area contributed by atoms with Crippen molar-refractivity contribution in [3.63, 3.8) is 0 Å². The molecule has 4 N–H and O–H groups in total. The molecule has 12 heteroatoms. The lowest BCUT2D eigenvalue weighted by atomic mass is 10.0. The van der Waals surface area contributed by atoms with Crippen LogP contribution in [0.2, 0.25) is 0 Å². The summed E-state index contributed by atoms with van der Waals surface area (Å²) in [7, 11) is 0. The van der Waals surface area contributed by atoms with Crippen molar-refractivity contribution in [3.8, 4) is 0 Å². The first-order valence-electron chi connectivity index (χ1n) is 12.1. The number of aliphatic hydroxyl groups is 1. The van der Waals surface area contributed by atoms with Gasteiger partial charge in [0.05, 0.1) is 11.7 Å². The van der Waals surface area contributed by atoms with Crippen molar-refractivity contribution in [2.75, 3.05) is 31.5 Å². The number of halogens is 4. The second-order valence-corrected chi connectivity index (χ2v) is 11.1. The fourth-order valence-corrected chi connectivity index (χ4v) is 6.93. The summed E-state index contributed by atoms with van der Waals surface area (Å²) >= 11 is 1.60. The highest BCUT2D eigenvalue weighted by Crippen LogP contribution is 2.66. The molecule has 0 radical (unpaired) electrons. The molecule has 1 aromatic heterocycles. The highest BCUT2D eigenvalue weighted by molar-refractivity contribution is 7.11. The first-order chi connectivity index (χ1) is 17.1. The van der Waals surface area contributed by atoms with Gasteiger partial charge in [-0.15, -0.1) is 11.3 Å². The number of alkyl halides is 3. The van der Waals surface area contributed by atoms with Crippen molar-refractivity contribution in [1.29, 1.82) is 0 Å². The van der Waals surface area contributed by atoms with Gasteiger partial charge in [-0.25, -0.2) is 14.2 Å². The van der Waals surface area contributed by atoms with Gasteiger partial charge in [-0.1, -0.05) is 0 Å². The van der Waals surface area contributed by atoms with Crippen molar-refractivity contribution in [1.82, 2.24) is 14.8 Å². The predicted molar refractivity (Wildman–Crippen MR) is 127 cm³/mol. The summed E-state index contributed by atoms with van der Waals surface area (Å²) in [5.74, 6) is -1.15. The predicted octanol–water partition coefficient (Wildman–Crippen LogP) is 3.78. The minimum atomic E-state index is -4.86. The number of amides is 2. The summed E-state index contributed by atoms with van der Waals surface area (Å²) in [6.07, 6.45) is -0.113. The van der Waals surface area contributed by atoms with Crippen LogP contribution in [-0.2, 0) is 18.1 Å². The summed E-state index contributed by atoms with van der Waals surface area (Å²) < 4.78 is 53.3. The molecule has 1 unspecified atom stereocenters. The number of aliphatic hydroxyl groups excluding tert-OH is 1. The van der Waals surface area contributed by atoms with Crippen LogP contribution in [0, 0.1) is 11.7 Å². The number of urea groups is 1. The van der Waals surface area contributed by atoms with Crippen LogP contribution in [-0.4, -0.2) is 64.2 Å². The van der Waals surface area contributed by atoms with Crippen molar-refractivity contribution >= 4 is 23.1 Å². The van der Waals surface area contributed by atoms with E-state index in [-0.39, 0.29) is 23.1 Å². The number of benzene rings is 1. The van der Waals surface area contributed by atoms with Crippen LogP contribution < -0.4 is 11.1 Å². The van der Waals surface area contributed by atoms with E-state index in [2.05, 4.69) is 15.2 Å². The van der Waals surface area contributed by atoms with Gasteiger partial charge < -0.3 is 21.1 Å². The number of nitrogens with two attached hydrogens (primary N) is 1. The molecule has 2 amide bonds. The summed E-state index contributed by atoms with van der Waals surface area (Å²) in [5.41, 5.74) is 4.18. The number of aromatic nitrogens is 1. The number of thiazole rings is 1. The highest BCUT2D eigenvalue weighted by Gasteiger charge is 2.65. The zero-order valence-corrected chi connectivity index (χ0v) is 20.4. The number of β-amino-alcohol motifs (C(OH)–C–C–N with tert-alkyl or cyclic N) is 1. The van der Waals surface area contributed by atoms with E-state index in [4.69, 9.17) is 5.73 Å². The van der Waals surface area contributed by atoms with Gasteiger partial charge in [0, 0.05) is 60.9 Å². The van der Waals surface area contributed by atoms with Crippen molar-refractivity contribution in [3.05, 3.63) is 45.7 Å². The maximum atomic E-state index is 13.7. The Hall–Kier alpha value is -2.28. The first kappa shape index (κ1) is 25.4. The zero-order valence-electron chi connectivity index (χ0n) is 19.6. The molecule has 196 valence electrons. The lowest BCUT2D eigenvalue weighted by molar-refractivity contribution is -0.139. The molecule has 1 aliphatic heterocycles. The van der Waals surface area contributed by atoms with Gasteiger partial charge in [0.25, 0.3) is 0 Å². The number of anilines is 1. The number of hydrogen-bond acceptors (Lipinski definition) is 6. The quantitative estimate of drug-likeness (QED) is 0.477. The van der Waals surface area contributed by atoms with Crippen LogP contribution in [0.15, 0.2) is 24.4 Å². The van der Waals surface area contributed by atoms with Crippen LogP contribution >= 0.6 is 11.3 Å². The smallest absolute Gasteiger partial charge is 0.392 e. The molecule has 3 fully saturated rings. The monoisotopic (exact) mass is 527 g/mol. The van der Waals surface area contributed by atoms with E-state index in [0.717, 1.165) is 36.9 Å². The highest BCUT2D eigenvalue weighted by atomic mass is 32.1. The number of nitrogens with one attached hydrogen (secondary N) is 1. The summed E-state index contributed by atoms with van der Waals surface area (Å²) in [4.78, 5) is 22.8. The van der Waals surface area contributed by atoms with Gasteiger partial charge in [-0.05, 0) is 49.8 Å². The van der Waals surface area contributed by atoms with Crippen LogP contribution in [0.5, 0.6) is 0 Å². The Morgan fingerprint density at radius 3 is 2.81 bits per heavy atom. The molecule has 0 spiro atoms. The largest absolute Gasteiger partial charge is 0.419 e. The van der Waals surface area contributed by atoms with Gasteiger partial charge in [0.2, 0.25) is 0 Å². The molecule has 1 saturated heterocycles. The number of rotatable bonds is 7. The van der Waals surface area contributed by atoms with Crippen molar-refractivity contribution < 1.29 is 27.5 Å². The van der Waals surface area contributed by atoms with Gasteiger partial charge in [-0.3, -0.25) is 4.90 Å². The zero-order chi connectivity index (χ0) is 25.7. The maximum Gasteiger partial charge on any atom is 0.419 e. The Balaban J connectivity index is 1.34. The second kappa shape index (κ2) is 9.55. The molecule has 2 aromatic rings. The molecule has 5 rings (SSSR count). The van der Waals surface area contributed by atoms with Crippen LogP contribution in [0.4, 0.5) is 28.0 Å². The van der Waals surface area contributed by atoms with Crippen LogP contribution in [0.1, 0.15) is 41.1 Å². The Morgan fingerprint density at radius 2 is 2.17 bits per heavy atom. The maximum absolute atomic E-state index is 13.7. The minimum Gasteiger partial charge on any atom is -0.392 e. The average molecular weight is 528 g/mol. The van der Waals surface area contributed by atoms with E-state index in [0.29, 0.717) is 44.7 Å². The number of fused-ring (bicyclic) bond motifs is 1. The van der Waals surface area contributed by atoms with Gasteiger partial charge in [-0.2, -0.15) is 13.2 Å². The third-order valence-electron chi connectivity index (χ3n) is 7.79. The molecule has 2 aliphatic carbocycles. The summed E-state index contributed by atoms with van der Waals surface area (Å²) in [5, 5.41) is 13.3. The van der Waals surface area contributed by atoms with Crippen LogP contribution in [0.3, 0.4) is 0 Å². The second-order valence-electron chi connectivity index (χ2n) is 9.95. The molecule has 2 saturated carbocycles. The fraction of sp³-hybridized carbons (Fsp3) is 0.583. The van der Waals surface area contributed by atoms with Gasteiger partial charge >= 0.3 is 12.2 Å². The normalized spacial score (nSPS) is 27.8. The Kier molecular flexibility index (Phi) is 6.73. The standard InChI is InChI=1S/C24H29F4N5O2S/c25-18-2-1-14(9-16(18)24(26,27)28)31-22(35)33(8-7-32-6-4-15(34)13-32)19-3-5-23(10-17(19)23)20-12-30-21(11-29)36-20/h1-2,9,12,15,17,19,34H,3-8,10-11,13,29H2,(H,31,35)/t15-,17?,19+,23-/m0/s1. The van der Waals surface area contributed by atoms with E-state index in [1.165, 1.54) is 4.88 Å². The molecular formula is C24H29F4N5O2S. The third-order valence-corrected chi connectivity index (χ3v) is 9.03. The third kappa shape index (κ3) is 4.83. The molecule has 3 aliphatic rings. The molecule has 0 bridgehead atoms. The molecule has 1 aromatic carbocycles. The summed E-state index contributed by atoms with van der Waals surface area (Å²) in [6.45, 7) is 2.56. The SMILES string of the molecule is NCc1ncc([C@]23CC[C@@H](N(CCN4CC[C@H](O)C4)C(=O)Nc4ccc(F)c(C(F)(F)F)c4)C2C3)s1. The number of nitrogens with zero attached hydrogens (tertiary/aromatic N) is 3. The number of likely N-dealkylation sites (tertiary alicyclic amines) is 1. The minimum absolute atomic E-state index is 0.0303. The lowest BCUT2D eigenvalue weighted by Gasteiger charge is -2.32. The number of carbonyl (C=O) groups excluding carboxylic acids is 1. The van der Waals surface area contributed by atoms with E-state index in [1.54, 1.807) is 16.2 Å². The fourth-order valence-electron chi connectivity index (χ4n) is 5.84. The van der Waals surface area contributed by atoms with Crippen LogP contribution in [0.25, 0.3) is 0 Å². The van der Waals surface area contributed by atoms with E-state index in [1.807, 2.05) is 6.20 Å². The van der Waals surface area contributed by atoms with E-state index in [9.17, 15) is 27.5 Å². The lowest BCUT2D eigenvalue weighted by Crippen LogP contribution is -2.47. The van der Waals surface area contributed by atoms with Crippen molar-refractivity contribution in [2.45, 2.75) is 56.0 Å². The average Bonchev–Trinajstić information content (AvgIpc) is 3.18. The Labute approximate surface area is 210 Å². The Morgan fingerprint density at radius 1 is 1.36 bits per heavy atom. The Bertz CT molecular complexity index is 1130. The molecule has 7 nitrogen and oxygen atoms in total. The van der Waals surface area contributed by atoms with Gasteiger partial charge in [0.1, 0.15) is 10.8 Å².